The van der Waals surface area contributed by atoms with Crippen LogP contribution in [-0.4, -0.2) is 9.97 Å². The number of benzene rings is 1. The van der Waals surface area contributed by atoms with Gasteiger partial charge in [-0.2, -0.15) is 0 Å². The van der Waals surface area contributed by atoms with Gasteiger partial charge in [-0.15, -0.1) is 22.7 Å². The predicted octanol–water partition coefficient (Wildman–Crippen LogP) is 5.39. The van der Waals surface area contributed by atoms with Crippen molar-refractivity contribution in [1.29, 1.82) is 0 Å². The quantitative estimate of drug-likeness (QED) is 0.675. The van der Waals surface area contributed by atoms with Crippen molar-refractivity contribution in [2.75, 3.05) is 5.32 Å². The van der Waals surface area contributed by atoms with Crippen LogP contribution in [0.15, 0.2) is 34.1 Å². The monoisotopic (exact) mass is 365 g/mol. The molecule has 0 fully saturated rings. The molecule has 0 saturated carbocycles. The van der Waals surface area contributed by atoms with Crippen LogP contribution in [0.25, 0.3) is 10.6 Å². The first-order valence-corrected chi connectivity index (χ1v) is 8.53. The molecule has 0 saturated heterocycles. The fourth-order valence-electron chi connectivity index (χ4n) is 1.86. The summed E-state index contributed by atoms with van der Waals surface area (Å²) in [5.41, 5.74) is 3.08. The third kappa shape index (κ3) is 2.92. The number of nitrogens with zero attached hydrogens (tertiary/aromatic N) is 2. The number of rotatable bonds is 3. The number of aromatic nitrogens is 2. The molecule has 0 spiro atoms. The zero-order valence-corrected chi connectivity index (χ0v) is 14.2. The van der Waals surface area contributed by atoms with Gasteiger partial charge in [-0.3, -0.25) is 0 Å². The van der Waals surface area contributed by atoms with Crippen LogP contribution in [0, 0.1) is 13.8 Å². The van der Waals surface area contributed by atoms with Crippen LogP contribution in [0.3, 0.4) is 0 Å². The van der Waals surface area contributed by atoms with Gasteiger partial charge >= 0.3 is 0 Å². The number of thiazole rings is 2. The maximum atomic E-state index is 4.64. The number of hydrogen-bond donors (Lipinski definition) is 1. The Labute approximate surface area is 133 Å². The van der Waals surface area contributed by atoms with E-state index in [2.05, 4.69) is 36.6 Å². The molecule has 0 aliphatic heterocycles. The largest absolute Gasteiger partial charge is 0.332 e. The molecule has 3 rings (SSSR count). The second-order valence-corrected chi connectivity index (χ2v) is 7.29. The summed E-state index contributed by atoms with van der Waals surface area (Å²) in [6.07, 6.45) is 0. The molecule has 2 aromatic heterocycles. The van der Waals surface area contributed by atoms with E-state index >= 15 is 0 Å². The summed E-state index contributed by atoms with van der Waals surface area (Å²) < 4.78 is 1.07. The number of hydrogen-bond acceptors (Lipinski definition) is 5. The van der Waals surface area contributed by atoms with Gasteiger partial charge in [0.1, 0.15) is 0 Å². The summed E-state index contributed by atoms with van der Waals surface area (Å²) >= 11 is 6.72. The molecule has 6 heteroatoms. The molecule has 102 valence electrons. The zero-order chi connectivity index (χ0) is 14.1. The maximum absolute atomic E-state index is 4.64. The molecule has 0 bridgehead atoms. The average Bonchev–Trinajstić information content (AvgIpc) is 2.99. The fraction of sp³-hybridized carbons (Fsp3) is 0.143. The minimum absolute atomic E-state index is 0.896. The molecule has 0 amide bonds. The van der Waals surface area contributed by atoms with Crippen LogP contribution in [-0.2, 0) is 0 Å². The van der Waals surface area contributed by atoms with Gasteiger partial charge in [0.05, 0.1) is 21.3 Å². The third-order valence-corrected chi connectivity index (χ3v) is 5.12. The molecule has 3 aromatic rings. The first kappa shape index (κ1) is 13.7. The van der Waals surface area contributed by atoms with Crippen molar-refractivity contribution in [2.24, 2.45) is 0 Å². The Kier molecular flexibility index (Phi) is 3.87. The van der Waals surface area contributed by atoms with Crippen molar-refractivity contribution in [3.05, 3.63) is 44.8 Å². The van der Waals surface area contributed by atoms with Gasteiger partial charge in [0.25, 0.3) is 0 Å². The Morgan fingerprint density at radius 2 is 1.85 bits per heavy atom. The zero-order valence-electron chi connectivity index (χ0n) is 11.0. The molecule has 1 aromatic carbocycles. The van der Waals surface area contributed by atoms with Gasteiger partial charge in [0.2, 0.25) is 0 Å². The van der Waals surface area contributed by atoms with E-state index in [4.69, 9.17) is 0 Å². The molecular formula is C14H12BrN3S2. The summed E-state index contributed by atoms with van der Waals surface area (Å²) in [5.74, 6) is 0. The van der Waals surface area contributed by atoms with Crippen LogP contribution in [0.5, 0.6) is 0 Å². The van der Waals surface area contributed by atoms with Crippen LogP contribution in [0.2, 0.25) is 0 Å². The van der Waals surface area contributed by atoms with E-state index in [-0.39, 0.29) is 0 Å². The first-order valence-electron chi connectivity index (χ1n) is 6.04. The Balaban J connectivity index is 1.83. The molecule has 0 unspecified atom stereocenters. The predicted molar refractivity (Wildman–Crippen MR) is 90.1 cm³/mol. The molecule has 0 aliphatic carbocycles. The Bertz CT molecular complexity index is 731. The van der Waals surface area contributed by atoms with Gasteiger partial charge < -0.3 is 5.32 Å². The highest BCUT2D eigenvalue weighted by molar-refractivity contribution is 9.10. The van der Waals surface area contributed by atoms with E-state index in [9.17, 15) is 0 Å². The van der Waals surface area contributed by atoms with Crippen LogP contribution in [0.4, 0.5) is 10.8 Å². The molecule has 2 heterocycles. The van der Waals surface area contributed by atoms with Crippen molar-refractivity contribution in [1.82, 2.24) is 9.97 Å². The number of nitrogens with one attached hydrogen (secondary N) is 1. The van der Waals surface area contributed by atoms with E-state index < -0.39 is 0 Å². The van der Waals surface area contributed by atoms with Crippen molar-refractivity contribution < 1.29 is 0 Å². The standard InChI is InChI=1S/C14H12BrN3S2/c1-8-13(20-9(2)16-8)12-7-19-14(18-12)17-11-5-3-10(15)4-6-11/h3-7H,1-2H3,(H,17,18). The number of aryl methyl sites for hydroxylation is 2. The summed E-state index contributed by atoms with van der Waals surface area (Å²) in [6.45, 7) is 4.05. The minimum atomic E-state index is 0.896. The second-order valence-electron chi connectivity index (χ2n) is 4.32. The highest BCUT2D eigenvalue weighted by Crippen LogP contribution is 2.33. The fourth-order valence-corrected chi connectivity index (χ4v) is 3.80. The lowest BCUT2D eigenvalue weighted by Crippen LogP contribution is -1.89. The van der Waals surface area contributed by atoms with Gasteiger partial charge in [0.15, 0.2) is 5.13 Å². The number of anilines is 2. The molecule has 1 N–H and O–H groups in total. The summed E-state index contributed by atoms with van der Waals surface area (Å²) in [5, 5.41) is 7.36. The molecule has 0 aliphatic rings. The van der Waals surface area contributed by atoms with E-state index in [1.54, 1.807) is 22.7 Å². The van der Waals surface area contributed by atoms with Crippen molar-refractivity contribution in [3.63, 3.8) is 0 Å². The smallest absolute Gasteiger partial charge is 0.187 e. The van der Waals surface area contributed by atoms with Crippen molar-refractivity contribution >= 4 is 49.4 Å². The molecule has 0 radical (unpaired) electrons. The Morgan fingerprint density at radius 1 is 1.10 bits per heavy atom. The highest BCUT2D eigenvalue weighted by atomic mass is 79.9. The lowest BCUT2D eigenvalue weighted by atomic mass is 10.3. The summed E-state index contributed by atoms with van der Waals surface area (Å²) in [7, 11) is 0. The molecule has 3 nitrogen and oxygen atoms in total. The minimum Gasteiger partial charge on any atom is -0.332 e. The average molecular weight is 366 g/mol. The van der Waals surface area contributed by atoms with Crippen LogP contribution >= 0.6 is 38.6 Å². The van der Waals surface area contributed by atoms with E-state index in [1.165, 1.54) is 0 Å². The van der Waals surface area contributed by atoms with Crippen LogP contribution in [0.1, 0.15) is 10.7 Å². The van der Waals surface area contributed by atoms with Crippen LogP contribution < -0.4 is 5.32 Å². The first-order chi connectivity index (χ1) is 9.61. The van der Waals surface area contributed by atoms with E-state index in [1.807, 2.05) is 38.1 Å². The van der Waals surface area contributed by atoms with E-state index in [0.29, 0.717) is 0 Å². The number of halogens is 1. The van der Waals surface area contributed by atoms with E-state index in [0.717, 1.165) is 36.6 Å². The lowest BCUT2D eigenvalue weighted by Gasteiger charge is -2.01. The van der Waals surface area contributed by atoms with Gasteiger partial charge in [-0.05, 0) is 38.1 Å². The Morgan fingerprint density at radius 3 is 2.50 bits per heavy atom. The maximum Gasteiger partial charge on any atom is 0.187 e. The Hall–Kier alpha value is -1.24. The third-order valence-electron chi connectivity index (χ3n) is 2.74. The normalized spacial score (nSPS) is 10.8. The second kappa shape index (κ2) is 5.63. The topological polar surface area (TPSA) is 37.8 Å². The van der Waals surface area contributed by atoms with Gasteiger partial charge in [0, 0.05) is 15.5 Å². The van der Waals surface area contributed by atoms with Crippen molar-refractivity contribution in [2.45, 2.75) is 13.8 Å². The lowest BCUT2D eigenvalue weighted by molar-refractivity contribution is 1.20. The SMILES string of the molecule is Cc1nc(C)c(-c2csc(Nc3ccc(Br)cc3)n2)s1. The van der Waals surface area contributed by atoms with Gasteiger partial charge in [-0.1, -0.05) is 15.9 Å². The van der Waals surface area contributed by atoms with Crippen molar-refractivity contribution in [3.8, 4) is 10.6 Å². The molecule has 0 atom stereocenters. The summed E-state index contributed by atoms with van der Waals surface area (Å²) in [4.78, 5) is 10.2. The molecular weight excluding hydrogens is 354 g/mol. The molecule has 20 heavy (non-hydrogen) atoms. The summed E-state index contributed by atoms with van der Waals surface area (Å²) in [6, 6.07) is 8.06. The van der Waals surface area contributed by atoms with Gasteiger partial charge in [-0.25, -0.2) is 9.97 Å². The highest BCUT2D eigenvalue weighted by Gasteiger charge is 2.11.